The van der Waals surface area contributed by atoms with Gasteiger partial charge in [-0.25, -0.2) is 0 Å². The van der Waals surface area contributed by atoms with Gasteiger partial charge in [-0.2, -0.15) is 0 Å². The monoisotopic (exact) mass is 443 g/mol. The molecule has 0 radical (unpaired) electrons. The summed E-state index contributed by atoms with van der Waals surface area (Å²) in [5.74, 6) is -0.995. The smallest absolute Gasteiger partial charge is 0.307 e. The Morgan fingerprint density at radius 3 is 1.79 bits per heavy atom. The second kappa shape index (κ2) is 10.7. The number of hydrogen-bond acceptors (Lipinski definition) is 4. The highest BCUT2D eigenvalue weighted by Gasteiger charge is 2.22. The Labute approximate surface area is 194 Å². The van der Waals surface area contributed by atoms with Crippen LogP contribution in [0.3, 0.4) is 0 Å². The molecule has 0 saturated heterocycles. The van der Waals surface area contributed by atoms with Crippen molar-refractivity contribution >= 4 is 23.3 Å². The molecule has 0 heterocycles. The lowest BCUT2D eigenvalue weighted by atomic mass is 9.89. The largest absolute Gasteiger partial charge is 0.457 e. The van der Waals surface area contributed by atoms with Crippen LogP contribution >= 0.6 is 0 Å². The molecule has 0 aliphatic heterocycles. The standard InChI is InChI=1S/C28H29NO4/c1-28(2,3)27(32)29-23-16-14-22(15-17-23)25(30)19-33-26(31)18-24(20-10-6-4-7-11-20)21-12-8-5-9-13-21/h4-17,24H,18-19H2,1-3H3,(H,29,32). The van der Waals surface area contributed by atoms with E-state index in [1.54, 1.807) is 24.3 Å². The first-order chi connectivity index (χ1) is 15.7. The number of benzene rings is 3. The molecule has 1 N–H and O–H groups in total. The molecule has 170 valence electrons. The predicted octanol–water partition coefficient (Wildman–Crippen LogP) is 5.62. The molecule has 0 unspecified atom stereocenters. The van der Waals surface area contributed by atoms with Gasteiger partial charge in [0.25, 0.3) is 0 Å². The number of ether oxygens (including phenoxy) is 1. The van der Waals surface area contributed by atoms with Crippen molar-refractivity contribution in [1.82, 2.24) is 0 Å². The molecule has 0 fully saturated rings. The van der Waals surface area contributed by atoms with Crippen molar-refractivity contribution in [2.24, 2.45) is 5.41 Å². The summed E-state index contributed by atoms with van der Waals surface area (Å²) in [4.78, 5) is 37.2. The average Bonchev–Trinajstić information content (AvgIpc) is 2.82. The number of anilines is 1. The number of rotatable bonds is 8. The molecular weight excluding hydrogens is 414 g/mol. The van der Waals surface area contributed by atoms with Crippen LogP contribution in [0, 0.1) is 5.41 Å². The van der Waals surface area contributed by atoms with E-state index in [0.717, 1.165) is 11.1 Å². The van der Waals surface area contributed by atoms with Gasteiger partial charge in [0.05, 0.1) is 6.42 Å². The third-order valence-electron chi connectivity index (χ3n) is 5.28. The first-order valence-corrected chi connectivity index (χ1v) is 10.9. The van der Waals surface area contributed by atoms with Gasteiger partial charge in [-0.1, -0.05) is 81.4 Å². The lowest BCUT2D eigenvalue weighted by Gasteiger charge is -2.18. The predicted molar refractivity (Wildman–Crippen MR) is 129 cm³/mol. The van der Waals surface area contributed by atoms with Gasteiger partial charge in [-0.15, -0.1) is 0 Å². The Kier molecular flexibility index (Phi) is 7.78. The number of carbonyl (C=O) groups excluding carboxylic acids is 3. The van der Waals surface area contributed by atoms with Crippen molar-refractivity contribution in [3.8, 4) is 0 Å². The number of nitrogens with one attached hydrogen (secondary N) is 1. The van der Waals surface area contributed by atoms with E-state index < -0.39 is 11.4 Å². The summed E-state index contributed by atoms with van der Waals surface area (Å²) < 4.78 is 5.31. The van der Waals surface area contributed by atoms with Gasteiger partial charge >= 0.3 is 5.97 Å². The zero-order valence-electron chi connectivity index (χ0n) is 19.2. The maximum atomic E-state index is 12.6. The summed E-state index contributed by atoms with van der Waals surface area (Å²) in [7, 11) is 0. The van der Waals surface area contributed by atoms with Crippen molar-refractivity contribution < 1.29 is 19.1 Å². The molecule has 5 nitrogen and oxygen atoms in total. The Bertz CT molecular complexity index is 1040. The molecule has 3 aromatic carbocycles. The first-order valence-electron chi connectivity index (χ1n) is 10.9. The highest BCUT2D eigenvalue weighted by Crippen LogP contribution is 2.28. The molecule has 0 bridgehead atoms. The molecule has 0 aromatic heterocycles. The number of ketones is 1. The van der Waals surface area contributed by atoms with Gasteiger partial charge in [0.2, 0.25) is 5.91 Å². The fourth-order valence-corrected chi connectivity index (χ4v) is 3.31. The second-order valence-corrected chi connectivity index (χ2v) is 8.94. The van der Waals surface area contributed by atoms with Crippen LogP contribution in [-0.2, 0) is 14.3 Å². The highest BCUT2D eigenvalue weighted by molar-refractivity contribution is 5.99. The molecule has 1 amide bonds. The average molecular weight is 444 g/mol. The number of esters is 1. The fourth-order valence-electron chi connectivity index (χ4n) is 3.31. The highest BCUT2D eigenvalue weighted by atomic mass is 16.5. The van der Waals surface area contributed by atoms with E-state index >= 15 is 0 Å². The SMILES string of the molecule is CC(C)(C)C(=O)Nc1ccc(C(=O)COC(=O)CC(c2ccccc2)c2ccccc2)cc1. The van der Waals surface area contributed by atoms with Crippen molar-refractivity contribution in [2.45, 2.75) is 33.1 Å². The van der Waals surface area contributed by atoms with E-state index in [0.29, 0.717) is 11.3 Å². The molecule has 3 rings (SSSR count). The van der Waals surface area contributed by atoms with Crippen LogP contribution in [-0.4, -0.2) is 24.3 Å². The number of amides is 1. The minimum atomic E-state index is -0.514. The van der Waals surface area contributed by atoms with Crippen LogP contribution in [0.25, 0.3) is 0 Å². The summed E-state index contributed by atoms with van der Waals surface area (Å²) >= 11 is 0. The number of Topliss-reactive ketones (excluding diaryl/α,β-unsaturated/α-hetero) is 1. The topological polar surface area (TPSA) is 72.5 Å². The van der Waals surface area contributed by atoms with Gasteiger partial charge in [-0.3, -0.25) is 14.4 Å². The quantitative estimate of drug-likeness (QED) is 0.362. The molecule has 33 heavy (non-hydrogen) atoms. The fraction of sp³-hybridized carbons (Fsp3) is 0.250. The maximum absolute atomic E-state index is 12.6. The van der Waals surface area contributed by atoms with E-state index in [4.69, 9.17) is 4.74 Å². The molecule has 0 atom stereocenters. The second-order valence-electron chi connectivity index (χ2n) is 8.94. The summed E-state index contributed by atoms with van der Waals surface area (Å²) in [6, 6.07) is 26.1. The van der Waals surface area contributed by atoms with Gasteiger partial charge < -0.3 is 10.1 Å². The van der Waals surface area contributed by atoms with Crippen LogP contribution < -0.4 is 5.32 Å². The van der Waals surface area contributed by atoms with Crippen LogP contribution in [0.5, 0.6) is 0 Å². The van der Waals surface area contributed by atoms with Gasteiger partial charge in [0.1, 0.15) is 0 Å². The number of carbonyl (C=O) groups is 3. The molecule has 0 aliphatic rings. The summed E-state index contributed by atoms with van der Waals surface area (Å²) in [5, 5.41) is 2.82. The third-order valence-corrected chi connectivity index (χ3v) is 5.28. The minimum Gasteiger partial charge on any atom is -0.457 e. The maximum Gasteiger partial charge on any atom is 0.307 e. The Morgan fingerprint density at radius 1 is 0.788 bits per heavy atom. The Morgan fingerprint density at radius 2 is 1.30 bits per heavy atom. The Balaban J connectivity index is 1.59. The van der Waals surface area contributed by atoms with Crippen LogP contribution in [0.2, 0.25) is 0 Å². The van der Waals surface area contributed by atoms with Crippen molar-refractivity contribution in [1.29, 1.82) is 0 Å². The molecule has 0 saturated carbocycles. The molecule has 3 aromatic rings. The van der Waals surface area contributed by atoms with Crippen molar-refractivity contribution in [2.75, 3.05) is 11.9 Å². The van der Waals surface area contributed by atoms with E-state index in [-0.39, 0.29) is 30.6 Å². The molecule has 0 spiro atoms. The van der Waals surface area contributed by atoms with Gasteiger partial charge in [0.15, 0.2) is 12.4 Å². The van der Waals surface area contributed by atoms with Gasteiger partial charge in [-0.05, 0) is 35.4 Å². The summed E-state index contributed by atoms with van der Waals surface area (Å²) in [6.45, 7) is 5.15. The zero-order chi connectivity index (χ0) is 23.8. The van der Waals surface area contributed by atoms with Gasteiger partial charge in [0, 0.05) is 22.6 Å². The van der Waals surface area contributed by atoms with Crippen LogP contribution in [0.15, 0.2) is 84.9 Å². The molecule has 5 heteroatoms. The van der Waals surface area contributed by atoms with E-state index in [1.807, 2.05) is 81.4 Å². The van der Waals surface area contributed by atoms with Crippen molar-refractivity contribution in [3.05, 3.63) is 102 Å². The lowest BCUT2D eigenvalue weighted by molar-refractivity contribution is -0.142. The van der Waals surface area contributed by atoms with Crippen LogP contribution in [0.1, 0.15) is 54.6 Å². The Hall–Kier alpha value is -3.73. The normalized spacial score (nSPS) is 11.2. The van der Waals surface area contributed by atoms with Crippen LogP contribution in [0.4, 0.5) is 5.69 Å². The van der Waals surface area contributed by atoms with E-state index in [9.17, 15) is 14.4 Å². The first kappa shape index (κ1) is 23.9. The number of hydrogen-bond donors (Lipinski definition) is 1. The van der Waals surface area contributed by atoms with E-state index in [1.165, 1.54) is 0 Å². The summed E-state index contributed by atoms with van der Waals surface area (Å²) in [6.07, 6.45) is 0.138. The third kappa shape index (κ3) is 6.88. The zero-order valence-corrected chi connectivity index (χ0v) is 19.2. The summed E-state index contributed by atoms with van der Waals surface area (Å²) in [5.41, 5.74) is 2.54. The van der Waals surface area contributed by atoms with E-state index in [2.05, 4.69) is 5.32 Å². The van der Waals surface area contributed by atoms with Crippen molar-refractivity contribution in [3.63, 3.8) is 0 Å². The molecular formula is C28H29NO4. The minimum absolute atomic E-state index is 0.109. The lowest BCUT2D eigenvalue weighted by Crippen LogP contribution is -2.27. The molecule has 0 aliphatic carbocycles.